The second-order valence-electron chi connectivity index (χ2n) is 9.02. The van der Waals surface area contributed by atoms with E-state index in [9.17, 15) is 24.9 Å². The summed E-state index contributed by atoms with van der Waals surface area (Å²) in [7, 11) is 1.31. The Bertz CT molecular complexity index is 1690. The summed E-state index contributed by atoms with van der Waals surface area (Å²) in [5.74, 6) is -1.65. The number of hydrogen-bond acceptors (Lipinski definition) is 7. The van der Waals surface area contributed by atoms with Crippen LogP contribution in [-0.4, -0.2) is 39.2 Å². The number of H-pyrrole nitrogens is 1. The summed E-state index contributed by atoms with van der Waals surface area (Å²) in [5, 5.41) is 31.3. The molecule has 1 atom stereocenters. The van der Waals surface area contributed by atoms with Crippen molar-refractivity contribution in [3.8, 4) is 28.6 Å². The van der Waals surface area contributed by atoms with Gasteiger partial charge in [0.15, 0.2) is 28.6 Å². The van der Waals surface area contributed by atoms with Gasteiger partial charge >= 0.3 is 5.97 Å². The number of carbonyl (C=O) groups excluding carboxylic acids is 2. The molecule has 8 nitrogen and oxygen atoms in total. The van der Waals surface area contributed by atoms with E-state index in [2.05, 4.69) is 4.98 Å². The minimum Gasteiger partial charge on any atom is -0.504 e. The highest BCUT2D eigenvalue weighted by Gasteiger charge is 2.23. The van der Waals surface area contributed by atoms with E-state index in [1.807, 2.05) is 30.5 Å². The molecule has 0 saturated heterocycles. The van der Waals surface area contributed by atoms with Crippen molar-refractivity contribution < 1.29 is 34.1 Å². The van der Waals surface area contributed by atoms with Gasteiger partial charge in [-0.2, -0.15) is 0 Å². The molecule has 5 aromatic rings. The maximum Gasteiger partial charge on any atom is 0.309 e. The highest BCUT2D eigenvalue weighted by molar-refractivity contribution is 6.00. The molecule has 0 aliphatic carbocycles. The van der Waals surface area contributed by atoms with Gasteiger partial charge in [0.25, 0.3) is 0 Å². The van der Waals surface area contributed by atoms with Crippen molar-refractivity contribution in [3.63, 3.8) is 0 Å². The summed E-state index contributed by atoms with van der Waals surface area (Å²) in [4.78, 5) is 28.6. The number of aromatic nitrogens is 1. The fourth-order valence-electron chi connectivity index (χ4n) is 4.56. The van der Waals surface area contributed by atoms with Crippen molar-refractivity contribution in [2.45, 2.75) is 12.8 Å². The van der Waals surface area contributed by atoms with Crippen LogP contribution in [0.15, 0.2) is 77.4 Å². The zero-order valence-corrected chi connectivity index (χ0v) is 20.5. The summed E-state index contributed by atoms with van der Waals surface area (Å²) in [6, 6.07) is 16.8. The molecule has 0 spiro atoms. The molecule has 0 fully saturated rings. The number of carbonyl (C=O) groups is 2. The van der Waals surface area contributed by atoms with E-state index in [4.69, 9.17) is 9.15 Å². The van der Waals surface area contributed by atoms with Crippen LogP contribution in [0.2, 0.25) is 0 Å². The van der Waals surface area contributed by atoms with Gasteiger partial charge < -0.3 is 29.5 Å². The van der Waals surface area contributed by atoms with Crippen LogP contribution < -0.4 is 0 Å². The third-order valence-corrected chi connectivity index (χ3v) is 6.53. The number of fused-ring (bicyclic) bond motifs is 2. The number of benzene rings is 3. The number of esters is 1. The summed E-state index contributed by atoms with van der Waals surface area (Å²) in [6.07, 6.45) is 5.17. The lowest BCUT2D eigenvalue weighted by atomic mass is 9.93. The first-order valence-electron chi connectivity index (χ1n) is 12.0. The monoisotopic (exact) mass is 511 g/mol. The van der Waals surface area contributed by atoms with E-state index >= 15 is 0 Å². The van der Waals surface area contributed by atoms with Gasteiger partial charge in [-0.25, -0.2) is 0 Å². The van der Waals surface area contributed by atoms with Crippen molar-refractivity contribution in [1.29, 1.82) is 0 Å². The van der Waals surface area contributed by atoms with Gasteiger partial charge in [-0.3, -0.25) is 9.59 Å². The number of rotatable bonds is 8. The SMILES string of the molecule is COC(=O)[C@H](CC(=O)/C=C/c1ccc(O)c2oc(-c3ccc(O)c(O)c3)cc12)Cc1c[nH]c2ccccc12. The first-order chi connectivity index (χ1) is 18.3. The van der Waals surface area contributed by atoms with Crippen LogP contribution in [0.4, 0.5) is 0 Å². The summed E-state index contributed by atoms with van der Waals surface area (Å²) in [5.41, 5.74) is 3.22. The normalized spacial score (nSPS) is 12.3. The van der Waals surface area contributed by atoms with E-state index in [1.165, 1.54) is 31.4 Å². The second-order valence-corrected chi connectivity index (χ2v) is 9.02. The minimum atomic E-state index is -0.654. The van der Waals surface area contributed by atoms with Crippen LogP contribution >= 0.6 is 0 Å². The minimum absolute atomic E-state index is 0.0344. The zero-order chi connectivity index (χ0) is 26.8. The Kier molecular flexibility index (Phi) is 6.62. The molecule has 4 N–H and O–H groups in total. The smallest absolute Gasteiger partial charge is 0.309 e. The van der Waals surface area contributed by atoms with Gasteiger partial charge in [0.2, 0.25) is 0 Å². The molecule has 0 saturated carbocycles. The van der Waals surface area contributed by atoms with E-state index in [0.29, 0.717) is 28.7 Å². The number of aromatic amines is 1. The van der Waals surface area contributed by atoms with Crippen LogP contribution in [0.1, 0.15) is 17.5 Å². The molecule has 8 heteroatoms. The van der Waals surface area contributed by atoms with Gasteiger partial charge in [-0.15, -0.1) is 0 Å². The third kappa shape index (κ3) is 4.84. The number of allylic oxidation sites excluding steroid dienone is 1. The lowest BCUT2D eigenvalue weighted by Gasteiger charge is -2.12. The predicted molar refractivity (Wildman–Crippen MR) is 143 cm³/mol. The first kappa shape index (κ1) is 24.7. The average Bonchev–Trinajstić information content (AvgIpc) is 3.55. The third-order valence-electron chi connectivity index (χ3n) is 6.53. The topological polar surface area (TPSA) is 133 Å². The number of methoxy groups -OCH3 is 1. The zero-order valence-electron chi connectivity index (χ0n) is 20.5. The molecule has 3 aromatic carbocycles. The predicted octanol–water partition coefficient (Wildman–Crippen LogP) is 5.70. The maximum atomic E-state index is 12.9. The number of para-hydroxylation sites is 1. The standard InChI is InChI=1S/C30H25NO7/c1-37-30(36)19(12-20-16-31-24-5-3-2-4-22(20)24)13-21(32)9-6-17-7-11-26(34)29-23(17)15-28(38-29)18-8-10-25(33)27(35)14-18/h2-11,14-16,19,31,33-35H,12-13H2,1H3/b9-6+/t19-/m0/s1. The molecule has 5 rings (SSSR count). The number of ketones is 1. The number of furan rings is 1. The number of phenols is 3. The van der Waals surface area contributed by atoms with E-state index < -0.39 is 11.9 Å². The molecule has 0 radical (unpaired) electrons. The van der Waals surface area contributed by atoms with Crippen LogP contribution in [0, 0.1) is 5.92 Å². The number of phenolic OH excluding ortho intramolecular Hbond substituents is 3. The fourth-order valence-corrected chi connectivity index (χ4v) is 4.56. The first-order valence-corrected chi connectivity index (χ1v) is 12.0. The highest BCUT2D eigenvalue weighted by atomic mass is 16.5. The van der Waals surface area contributed by atoms with Crippen molar-refractivity contribution in [1.82, 2.24) is 4.98 Å². The molecular formula is C30H25NO7. The molecule has 0 amide bonds. The average molecular weight is 512 g/mol. The van der Waals surface area contributed by atoms with Crippen molar-refractivity contribution in [2.24, 2.45) is 5.92 Å². The van der Waals surface area contributed by atoms with Crippen LogP contribution in [0.25, 0.3) is 39.3 Å². The van der Waals surface area contributed by atoms with Gasteiger partial charge in [-0.1, -0.05) is 30.3 Å². The quantitative estimate of drug-likeness (QED) is 0.119. The van der Waals surface area contributed by atoms with Gasteiger partial charge in [-0.05, 0) is 60.0 Å². The number of aromatic hydroxyl groups is 3. The van der Waals surface area contributed by atoms with Crippen molar-refractivity contribution in [2.75, 3.05) is 7.11 Å². The van der Waals surface area contributed by atoms with E-state index in [1.54, 1.807) is 24.3 Å². The molecule has 0 bridgehead atoms. The summed E-state index contributed by atoms with van der Waals surface area (Å²) >= 11 is 0. The molecule has 2 aromatic heterocycles. The Labute approximate surface area is 217 Å². The van der Waals surface area contributed by atoms with Crippen molar-refractivity contribution >= 4 is 39.7 Å². The fraction of sp³-hybridized carbons (Fsp3) is 0.133. The van der Waals surface area contributed by atoms with Gasteiger partial charge in [0, 0.05) is 34.5 Å². The number of hydrogen-bond donors (Lipinski definition) is 4. The molecule has 0 aliphatic heterocycles. The molecule has 0 unspecified atom stereocenters. The number of ether oxygens (including phenoxy) is 1. The van der Waals surface area contributed by atoms with Crippen molar-refractivity contribution in [3.05, 3.63) is 84.1 Å². The highest BCUT2D eigenvalue weighted by Crippen LogP contribution is 2.38. The Hall–Kier alpha value is -4.98. The van der Waals surface area contributed by atoms with Crippen LogP contribution in [0.5, 0.6) is 17.2 Å². The maximum absolute atomic E-state index is 12.9. The molecule has 38 heavy (non-hydrogen) atoms. The molecular weight excluding hydrogens is 486 g/mol. The van der Waals surface area contributed by atoms with E-state index in [-0.39, 0.29) is 35.0 Å². The van der Waals surface area contributed by atoms with E-state index in [0.717, 1.165) is 16.5 Å². The lowest BCUT2D eigenvalue weighted by Crippen LogP contribution is -2.21. The Morgan fingerprint density at radius 2 is 1.76 bits per heavy atom. The summed E-state index contributed by atoms with van der Waals surface area (Å²) < 4.78 is 10.8. The largest absolute Gasteiger partial charge is 0.504 e. The Morgan fingerprint density at radius 3 is 2.55 bits per heavy atom. The molecule has 2 heterocycles. The van der Waals surface area contributed by atoms with Crippen LogP contribution in [-0.2, 0) is 20.7 Å². The van der Waals surface area contributed by atoms with Gasteiger partial charge in [0.1, 0.15) is 5.76 Å². The lowest BCUT2D eigenvalue weighted by molar-refractivity contribution is -0.146. The summed E-state index contributed by atoms with van der Waals surface area (Å²) in [6.45, 7) is 0. The number of nitrogens with one attached hydrogen (secondary N) is 1. The Balaban J connectivity index is 1.38. The second kappa shape index (κ2) is 10.2. The molecule has 0 aliphatic rings. The van der Waals surface area contributed by atoms with Gasteiger partial charge in [0.05, 0.1) is 13.0 Å². The Morgan fingerprint density at radius 1 is 0.974 bits per heavy atom. The van der Waals surface area contributed by atoms with Crippen LogP contribution in [0.3, 0.4) is 0 Å². The molecule has 192 valence electrons.